The van der Waals surface area contributed by atoms with Gasteiger partial charge in [-0.25, -0.2) is 4.98 Å². The highest BCUT2D eigenvalue weighted by Gasteiger charge is 2.07. The topological polar surface area (TPSA) is 55.1 Å². The van der Waals surface area contributed by atoms with Crippen molar-refractivity contribution in [1.82, 2.24) is 4.98 Å². The van der Waals surface area contributed by atoms with E-state index in [1.54, 1.807) is 12.3 Å². The molecular weight excluding hydrogens is 228 g/mol. The normalized spacial score (nSPS) is 9.83. The molecule has 0 amide bonds. The van der Waals surface area contributed by atoms with Crippen molar-refractivity contribution in [1.29, 1.82) is 5.26 Å². The van der Waals surface area contributed by atoms with E-state index in [2.05, 4.69) is 18.8 Å². The minimum absolute atomic E-state index is 0.351. The standard InChI is InChI=1S/C14H20N2O2/c1-3-5-7-17-13-9-12(10-15)16-11-14(13)18-8-6-4-2/h9,11H,3-8H2,1-2H3. The predicted octanol–water partition coefficient (Wildman–Crippen LogP) is 3.31. The van der Waals surface area contributed by atoms with Crippen LogP contribution in [0.1, 0.15) is 45.2 Å². The van der Waals surface area contributed by atoms with Crippen LogP contribution in [0.25, 0.3) is 0 Å². The van der Waals surface area contributed by atoms with Crippen molar-refractivity contribution >= 4 is 0 Å². The van der Waals surface area contributed by atoms with Crippen LogP contribution >= 0.6 is 0 Å². The van der Waals surface area contributed by atoms with E-state index < -0.39 is 0 Å². The summed E-state index contributed by atoms with van der Waals surface area (Å²) in [7, 11) is 0. The van der Waals surface area contributed by atoms with E-state index in [1.165, 1.54) is 0 Å². The maximum absolute atomic E-state index is 8.83. The average molecular weight is 248 g/mol. The Kier molecular flexibility index (Phi) is 6.63. The zero-order valence-corrected chi connectivity index (χ0v) is 11.1. The second-order valence-corrected chi connectivity index (χ2v) is 4.03. The van der Waals surface area contributed by atoms with Crippen LogP contribution in [-0.4, -0.2) is 18.2 Å². The van der Waals surface area contributed by atoms with Crippen molar-refractivity contribution in [3.8, 4) is 17.6 Å². The van der Waals surface area contributed by atoms with Gasteiger partial charge in [0, 0.05) is 6.07 Å². The summed E-state index contributed by atoms with van der Waals surface area (Å²) < 4.78 is 11.2. The lowest BCUT2D eigenvalue weighted by atomic mass is 10.3. The molecule has 1 rings (SSSR count). The third kappa shape index (κ3) is 4.62. The van der Waals surface area contributed by atoms with Crippen LogP contribution in [0, 0.1) is 11.3 Å². The molecule has 0 saturated heterocycles. The smallest absolute Gasteiger partial charge is 0.179 e. The van der Waals surface area contributed by atoms with Gasteiger partial charge in [0.2, 0.25) is 0 Å². The number of nitrogens with zero attached hydrogens (tertiary/aromatic N) is 2. The number of ether oxygens (including phenoxy) is 2. The van der Waals surface area contributed by atoms with E-state index >= 15 is 0 Å². The second-order valence-electron chi connectivity index (χ2n) is 4.03. The summed E-state index contributed by atoms with van der Waals surface area (Å²) in [6.45, 7) is 5.50. The molecule has 4 heteroatoms. The van der Waals surface area contributed by atoms with Gasteiger partial charge >= 0.3 is 0 Å². The van der Waals surface area contributed by atoms with Crippen LogP contribution in [0.15, 0.2) is 12.3 Å². The predicted molar refractivity (Wildman–Crippen MR) is 69.8 cm³/mol. The molecule has 4 nitrogen and oxygen atoms in total. The van der Waals surface area contributed by atoms with E-state index in [9.17, 15) is 0 Å². The molecule has 0 radical (unpaired) electrons. The fourth-order valence-electron chi connectivity index (χ4n) is 1.36. The number of unbranched alkanes of at least 4 members (excludes halogenated alkanes) is 2. The number of nitriles is 1. The Hall–Kier alpha value is -1.76. The minimum Gasteiger partial charge on any atom is -0.490 e. The van der Waals surface area contributed by atoms with E-state index in [1.807, 2.05) is 6.07 Å². The van der Waals surface area contributed by atoms with Crippen molar-refractivity contribution in [2.75, 3.05) is 13.2 Å². The number of hydrogen-bond donors (Lipinski definition) is 0. The van der Waals surface area contributed by atoms with Crippen molar-refractivity contribution in [3.05, 3.63) is 18.0 Å². The third-order valence-electron chi connectivity index (χ3n) is 2.46. The average Bonchev–Trinajstić information content (AvgIpc) is 2.40. The summed E-state index contributed by atoms with van der Waals surface area (Å²) in [5.74, 6) is 1.24. The number of aromatic nitrogens is 1. The monoisotopic (exact) mass is 248 g/mol. The van der Waals surface area contributed by atoms with Gasteiger partial charge in [0.15, 0.2) is 11.5 Å². The van der Waals surface area contributed by atoms with E-state index in [0.29, 0.717) is 30.4 Å². The van der Waals surface area contributed by atoms with E-state index in [0.717, 1.165) is 25.7 Å². The first kappa shape index (κ1) is 14.3. The summed E-state index contributed by atoms with van der Waals surface area (Å²) in [6, 6.07) is 3.64. The number of hydrogen-bond acceptors (Lipinski definition) is 4. The maximum atomic E-state index is 8.83. The first-order chi connectivity index (χ1) is 8.81. The zero-order valence-electron chi connectivity index (χ0n) is 11.1. The van der Waals surface area contributed by atoms with Crippen molar-refractivity contribution in [3.63, 3.8) is 0 Å². The van der Waals surface area contributed by atoms with Crippen LogP contribution in [0.2, 0.25) is 0 Å². The lowest BCUT2D eigenvalue weighted by molar-refractivity contribution is 0.260. The van der Waals surface area contributed by atoms with Gasteiger partial charge in [-0.3, -0.25) is 0 Å². The number of pyridine rings is 1. The fraction of sp³-hybridized carbons (Fsp3) is 0.571. The van der Waals surface area contributed by atoms with E-state index in [4.69, 9.17) is 14.7 Å². The molecule has 0 aliphatic heterocycles. The summed E-state index contributed by atoms with van der Waals surface area (Å²) in [5, 5.41) is 8.83. The van der Waals surface area contributed by atoms with Gasteiger partial charge in [0.05, 0.1) is 19.4 Å². The summed E-state index contributed by atoms with van der Waals surface area (Å²) in [4.78, 5) is 4.00. The second kappa shape index (κ2) is 8.35. The SMILES string of the molecule is CCCCOc1cnc(C#N)cc1OCCCC. The van der Waals surface area contributed by atoms with Gasteiger partial charge in [-0.2, -0.15) is 5.26 Å². The van der Waals surface area contributed by atoms with Crippen LogP contribution in [-0.2, 0) is 0 Å². The molecule has 1 aromatic rings. The Balaban J connectivity index is 2.70. The first-order valence-corrected chi connectivity index (χ1v) is 6.47. The molecule has 1 aromatic heterocycles. The molecule has 0 fully saturated rings. The first-order valence-electron chi connectivity index (χ1n) is 6.47. The van der Waals surface area contributed by atoms with Gasteiger partial charge < -0.3 is 9.47 Å². The maximum Gasteiger partial charge on any atom is 0.179 e. The van der Waals surface area contributed by atoms with Crippen molar-refractivity contribution < 1.29 is 9.47 Å². The van der Waals surface area contributed by atoms with Crippen LogP contribution in [0.5, 0.6) is 11.5 Å². The molecule has 0 unspecified atom stereocenters. The Morgan fingerprint density at radius 2 is 1.72 bits per heavy atom. The highest BCUT2D eigenvalue weighted by atomic mass is 16.5. The molecule has 0 N–H and O–H groups in total. The molecule has 0 saturated carbocycles. The van der Waals surface area contributed by atoms with Crippen LogP contribution in [0.4, 0.5) is 0 Å². The lowest BCUT2D eigenvalue weighted by Gasteiger charge is -2.12. The summed E-state index contributed by atoms with van der Waals surface area (Å²) >= 11 is 0. The molecule has 98 valence electrons. The molecule has 0 spiro atoms. The van der Waals surface area contributed by atoms with E-state index in [-0.39, 0.29) is 0 Å². The highest BCUT2D eigenvalue weighted by molar-refractivity contribution is 5.42. The fourth-order valence-corrected chi connectivity index (χ4v) is 1.36. The largest absolute Gasteiger partial charge is 0.490 e. The molecule has 0 aliphatic rings. The Bertz CT molecular complexity index is 399. The van der Waals surface area contributed by atoms with Crippen LogP contribution < -0.4 is 9.47 Å². The summed E-state index contributed by atoms with van der Waals surface area (Å²) in [5.41, 5.74) is 0.351. The third-order valence-corrected chi connectivity index (χ3v) is 2.46. The zero-order chi connectivity index (χ0) is 13.2. The van der Waals surface area contributed by atoms with Gasteiger partial charge in [-0.15, -0.1) is 0 Å². The van der Waals surface area contributed by atoms with Gasteiger partial charge in [0.25, 0.3) is 0 Å². The minimum atomic E-state index is 0.351. The Labute approximate surface area is 109 Å². The van der Waals surface area contributed by atoms with Gasteiger partial charge in [0.1, 0.15) is 11.8 Å². The molecule has 0 aromatic carbocycles. The number of rotatable bonds is 8. The van der Waals surface area contributed by atoms with Crippen molar-refractivity contribution in [2.45, 2.75) is 39.5 Å². The molecule has 0 bridgehead atoms. The van der Waals surface area contributed by atoms with Gasteiger partial charge in [-0.05, 0) is 12.8 Å². The summed E-state index contributed by atoms with van der Waals surface area (Å²) in [6.07, 6.45) is 5.69. The molecule has 1 heterocycles. The molecule has 0 atom stereocenters. The quantitative estimate of drug-likeness (QED) is 0.662. The molecular formula is C14H20N2O2. The highest BCUT2D eigenvalue weighted by Crippen LogP contribution is 2.27. The Morgan fingerprint density at radius 1 is 1.11 bits per heavy atom. The lowest BCUT2D eigenvalue weighted by Crippen LogP contribution is -2.03. The Morgan fingerprint density at radius 3 is 2.28 bits per heavy atom. The van der Waals surface area contributed by atoms with Crippen molar-refractivity contribution in [2.24, 2.45) is 0 Å². The molecule has 18 heavy (non-hydrogen) atoms. The van der Waals surface area contributed by atoms with Gasteiger partial charge in [-0.1, -0.05) is 26.7 Å². The van der Waals surface area contributed by atoms with Crippen LogP contribution in [0.3, 0.4) is 0 Å². The molecule has 0 aliphatic carbocycles.